The quantitative estimate of drug-likeness (QED) is 0.0383. The van der Waals surface area contributed by atoms with Crippen LogP contribution in [-0.2, 0) is 44.6 Å². The van der Waals surface area contributed by atoms with Gasteiger partial charge in [0.1, 0.15) is 59.0 Å². The lowest BCUT2D eigenvalue weighted by molar-refractivity contribution is -0.164. The minimum atomic E-state index is -5.59. The van der Waals surface area contributed by atoms with Crippen LogP contribution in [-0.4, -0.2) is 38.4 Å². The molecule has 0 aliphatic rings. The number of carbonyl (C=O) groups excluding carboxylic acids is 2. The van der Waals surface area contributed by atoms with Gasteiger partial charge in [0.05, 0.1) is 26.4 Å². The number of halogens is 8. The first-order valence-corrected chi connectivity index (χ1v) is 17.6. The summed E-state index contributed by atoms with van der Waals surface area (Å²) >= 11 is 0. The lowest BCUT2D eigenvalue weighted by atomic mass is 10.0. The fourth-order valence-electron chi connectivity index (χ4n) is 5.11. The zero-order valence-electron chi connectivity index (χ0n) is 30.4. The Balaban J connectivity index is 1.59. The minimum Gasteiger partial charge on any atom is -0.493 e. The Morgan fingerprint density at radius 3 is 1.20 bits per heavy atom. The molecule has 3 rings (SSSR count). The lowest BCUT2D eigenvalue weighted by Gasteiger charge is -2.22. The van der Waals surface area contributed by atoms with E-state index >= 15 is 0 Å². The van der Waals surface area contributed by atoms with E-state index in [1.54, 1.807) is 0 Å². The highest BCUT2D eigenvalue weighted by Gasteiger charge is 2.48. The average molecular weight is 803 g/mol. The van der Waals surface area contributed by atoms with Crippen molar-refractivity contribution >= 4 is 11.9 Å². The van der Waals surface area contributed by atoms with Gasteiger partial charge in [0.25, 0.3) is 0 Å². The van der Waals surface area contributed by atoms with Crippen molar-refractivity contribution in [1.29, 1.82) is 0 Å². The second kappa shape index (κ2) is 22.3. The van der Waals surface area contributed by atoms with Crippen molar-refractivity contribution in [1.82, 2.24) is 0 Å². The molecular weight excluding hydrogens is 760 g/mol. The molecule has 0 saturated carbocycles. The second-order valence-electron chi connectivity index (χ2n) is 12.2. The van der Waals surface area contributed by atoms with Crippen LogP contribution in [0.25, 0.3) is 0 Å². The smallest absolute Gasteiger partial charge is 0.420 e. The van der Waals surface area contributed by atoms with E-state index in [0.717, 1.165) is 50.0 Å². The van der Waals surface area contributed by atoms with Gasteiger partial charge in [-0.25, -0.2) is 18.4 Å². The van der Waals surface area contributed by atoms with Gasteiger partial charge in [-0.2, -0.15) is 26.3 Å². The highest BCUT2D eigenvalue weighted by Crippen LogP contribution is 2.49. The summed E-state index contributed by atoms with van der Waals surface area (Å²) in [5, 5.41) is 0. The normalized spacial score (nSPS) is 11.4. The second-order valence-corrected chi connectivity index (χ2v) is 12.2. The molecular formula is C40H42F8O8. The van der Waals surface area contributed by atoms with E-state index in [4.69, 9.17) is 28.4 Å². The lowest BCUT2D eigenvalue weighted by Crippen LogP contribution is -2.20. The highest BCUT2D eigenvalue weighted by molar-refractivity contribution is 5.81. The summed E-state index contributed by atoms with van der Waals surface area (Å²) in [5.74, 6) is -5.07. The summed E-state index contributed by atoms with van der Waals surface area (Å²) < 4.78 is 146. The van der Waals surface area contributed by atoms with Gasteiger partial charge in [-0.1, -0.05) is 13.2 Å². The number of alkyl halides is 6. The molecule has 0 aliphatic heterocycles. The number of hydrogen-bond acceptors (Lipinski definition) is 8. The third kappa shape index (κ3) is 15.1. The van der Waals surface area contributed by atoms with Crippen molar-refractivity contribution in [3.8, 4) is 23.0 Å². The number of rotatable bonds is 24. The Morgan fingerprint density at radius 1 is 0.518 bits per heavy atom. The van der Waals surface area contributed by atoms with Gasteiger partial charge in [-0.15, -0.1) is 0 Å². The Labute approximate surface area is 319 Å². The Hall–Kier alpha value is -5.28. The summed E-state index contributed by atoms with van der Waals surface area (Å²) in [6.07, 6.45) is -3.64. The highest BCUT2D eigenvalue weighted by atomic mass is 19.4. The number of unbranched alkanes of at least 4 members (excludes halogenated alkanes) is 6. The molecule has 0 amide bonds. The average Bonchev–Trinajstić information content (AvgIpc) is 3.15. The number of hydrogen-bond donors (Lipinski definition) is 0. The van der Waals surface area contributed by atoms with Crippen LogP contribution in [0.5, 0.6) is 23.0 Å². The van der Waals surface area contributed by atoms with Gasteiger partial charge in [-0.3, -0.25) is 0 Å². The maximum Gasteiger partial charge on any atom is 0.420 e. The fraction of sp³-hybridized carbons (Fsp3) is 0.400. The van der Waals surface area contributed by atoms with Crippen molar-refractivity contribution < 1.29 is 73.1 Å². The molecule has 56 heavy (non-hydrogen) atoms. The molecule has 0 saturated heterocycles. The van der Waals surface area contributed by atoms with Crippen LogP contribution in [0.2, 0.25) is 0 Å². The van der Waals surface area contributed by atoms with Crippen molar-refractivity contribution in [2.75, 3.05) is 26.4 Å². The SMILES string of the molecule is C=CC(=O)OCCCCCCOc1ccc(COc2ccc(OCc3ccc(OCCCCCCOC(=O)C=C)cc3F)c(C(F)(F)F)c2C(F)(F)F)c(F)c1. The van der Waals surface area contributed by atoms with Crippen molar-refractivity contribution in [2.24, 2.45) is 0 Å². The summed E-state index contributed by atoms with van der Waals surface area (Å²) in [4.78, 5) is 22.0. The molecule has 0 heterocycles. The molecule has 0 N–H and O–H groups in total. The Kier molecular flexibility index (Phi) is 18.0. The number of ether oxygens (including phenoxy) is 6. The molecule has 0 radical (unpaired) electrons. The maximum atomic E-state index is 14.8. The first-order chi connectivity index (χ1) is 26.6. The van der Waals surface area contributed by atoms with Gasteiger partial charge in [0.2, 0.25) is 0 Å². The standard InChI is InChI=1S/C40H42F8O8/c1-3-35(49)53-21-11-7-5-9-19-51-29-15-13-27(31(41)23-29)25-55-33-17-18-34(38(40(46,47)48)37(33)39(43,44)45)56-26-28-14-16-30(24-32(28)42)52-20-10-6-8-12-22-54-36(50)4-2/h3-4,13-18,23-24H,1-2,5-12,19-22,25-26H2. The molecule has 0 bridgehead atoms. The summed E-state index contributed by atoms with van der Waals surface area (Å²) in [6.45, 7) is 5.83. The van der Waals surface area contributed by atoms with Gasteiger partial charge in [0, 0.05) is 35.4 Å². The predicted molar refractivity (Wildman–Crippen MR) is 188 cm³/mol. The predicted octanol–water partition coefficient (Wildman–Crippen LogP) is 10.5. The summed E-state index contributed by atoms with van der Waals surface area (Å²) in [6, 6.07) is 8.22. The van der Waals surface area contributed by atoms with Crippen LogP contribution < -0.4 is 18.9 Å². The van der Waals surface area contributed by atoms with E-state index in [1.807, 2.05) is 0 Å². The first kappa shape index (κ1) is 45.1. The third-order valence-electron chi connectivity index (χ3n) is 7.95. The van der Waals surface area contributed by atoms with E-state index in [0.29, 0.717) is 37.8 Å². The molecule has 3 aromatic rings. The van der Waals surface area contributed by atoms with E-state index < -0.39 is 71.8 Å². The molecule has 0 atom stereocenters. The van der Waals surface area contributed by atoms with Crippen molar-refractivity contribution in [3.05, 3.63) is 108 Å². The van der Waals surface area contributed by atoms with Crippen LogP contribution >= 0.6 is 0 Å². The molecule has 0 fully saturated rings. The first-order valence-electron chi connectivity index (χ1n) is 17.6. The molecule has 0 aromatic heterocycles. The minimum absolute atomic E-state index is 0.121. The van der Waals surface area contributed by atoms with E-state index in [9.17, 15) is 44.7 Å². The van der Waals surface area contributed by atoms with Gasteiger partial charge < -0.3 is 28.4 Å². The van der Waals surface area contributed by atoms with Crippen LogP contribution in [0.15, 0.2) is 73.8 Å². The Bertz CT molecular complexity index is 1630. The van der Waals surface area contributed by atoms with Crippen LogP contribution in [0.1, 0.15) is 73.6 Å². The summed E-state index contributed by atoms with van der Waals surface area (Å²) in [7, 11) is 0. The number of carbonyl (C=O) groups is 2. The topological polar surface area (TPSA) is 89.5 Å². The summed E-state index contributed by atoms with van der Waals surface area (Å²) in [5.41, 5.74) is -4.88. The van der Waals surface area contributed by atoms with Gasteiger partial charge in [0.15, 0.2) is 0 Å². The molecule has 306 valence electrons. The zero-order valence-corrected chi connectivity index (χ0v) is 30.4. The van der Waals surface area contributed by atoms with Crippen LogP contribution in [0.3, 0.4) is 0 Å². The Morgan fingerprint density at radius 2 is 0.875 bits per heavy atom. The number of benzene rings is 3. The maximum absolute atomic E-state index is 14.8. The fourth-order valence-corrected chi connectivity index (χ4v) is 5.11. The van der Waals surface area contributed by atoms with Crippen molar-refractivity contribution in [2.45, 2.75) is 76.9 Å². The van der Waals surface area contributed by atoms with E-state index in [1.165, 1.54) is 24.3 Å². The van der Waals surface area contributed by atoms with Gasteiger partial charge >= 0.3 is 24.3 Å². The molecule has 8 nitrogen and oxygen atoms in total. The molecule has 0 spiro atoms. The molecule has 0 aliphatic carbocycles. The monoisotopic (exact) mass is 802 g/mol. The van der Waals surface area contributed by atoms with E-state index in [2.05, 4.69) is 13.2 Å². The van der Waals surface area contributed by atoms with Crippen molar-refractivity contribution in [3.63, 3.8) is 0 Å². The molecule has 16 heteroatoms. The van der Waals surface area contributed by atoms with E-state index in [-0.39, 0.29) is 49.1 Å². The molecule has 3 aromatic carbocycles. The number of esters is 2. The van der Waals surface area contributed by atoms with Gasteiger partial charge in [-0.05, 0) is 87.8 Å². The van der Waals surface area contributed by atoms with Crippen LogP contribution in [0, 0.1) is 11.6 Å². The van der Waals surface area contributed by atoms with Crippen LogP contribution in [0.4, 0.5) is 35.1 Å². The largest absolute Gasteiger partial charge is 0.493 e. The molecule has 0 unspecified atom stereocenters. The third-order valence-corrected chi connectivity index (χ3v) is 7.95. The zero-order chi connectivity index (χ0) is 41.1.